The van der Waals surface area contributed by atoms with Gasteiger partial charge in [0.2, 0.25) is 0 Å². The van der Waals surface area contributed by atoms with Gasteiger partial charge < -0.3 is 14.6 Å². The molecule has 3 heterocycles. The van der Waals surface area contributed by atoms with Crippen LogP contribution in [-0.4, -0.2) is 21.5 Å². The molecule has 3 aromatic rings. The molecule has 1 aliphatic rings. The molecule has 1 aromatic carbocycles. The van der Waals surface area contributed by atoms with Crippen LogP contribution in [0.2, 0.25) is 0 Å². The topological polar surface area (TPSA) is 41.3 Å². The molecular formula is C23H24BrN3OS. The molecule has 1 N–H and O–H groups in total. The van der Waals surface area contributed by atoms with Gasteiger partial charge in [0.25, 0.3) is 0 Å². The highest BCUT2D eigenvalue weighted by molar-refractivity contribution is 9.10. The van der Waals surface area contributed by atoms with Gasteiger partial charge in [-0.25, -0.2) is 0 Å². The van der Waals surface area contributed by atoms with Crippen LogP contribution in [0.25, 0.3) is 11.3 Å². The van der Waals surface area contributed by atoms with E-state index in [-0.39, 0.29) is 12.1 Å². The van der Waals surface area contributed by atoms with Gasteiger partial charge in [0, 0.05) is 22.8 Å². The minimum absolute atomic E-state index is 0.0437. The van der Waals surface area contributed by atoms with Crippen molar-refractivity contribution in [3.05, 3.63) is 76.2 Å². The third-order valence-corrected chi connectivity index (χ3v) is 6.08. The summed E-state index contributed by atoms with van der Waals surface area (Å²) in [5, 5.41) is 4.21. The van der Waals surface area contributed by atoms with E-state index in [2.05, 4.69) is 76.2 Å². The Morgan fingerprint density at radius 2 is 2.03 bits per heavy atom. The van der Waals surface area contributed by atoms with Crippen LogP contribution in [0.1, 0.15) is 42.9 Å². The van der Waals surface area contributed by atoms with Crippen LogP contribution in [0.15, 0.2) is 63.6 Å². The Morgan fingerprint density at radius 1 is 1.21 bits per heavy atom. The van der Waals surface area contributed by atoms with Crippen molar-refractivity contribution in [3.8, 4) is 11.3 Å². The highest BCUT2D eigenvalue weighted by Crippen LogP contribution is 2.41. The fraction of sp³-hybridized carbons (Fsp3) is 0.304. The van der Waals surface area contributed by atoms with Crippen LogP contribution in [0, 0.1) is 12.8 Å². The maximum Gasteiger partial charge on any atom is 0.170 e. The van der Waals surface area contributed by atoms with E-state index in [0.29, 0.717) is 5.92 Å². The van der Waals surface area contributed by atoms with E-state index in [9.17, 15) is 0 Å². The number of thiocarbonyl (C=S) groups is 1. The number of hydrogen-bond acceptors (Lipinski definition) is 3. The molecule has 1 aliphatic heterocycles. The molecule has 0 bridgehead atoms. The van der Waals surface area contributed by atoms with Gasteiger partial charge in [0.05, 0.1) is 11.7 Å². The molecule has 1 saturated heterocycles. The number of nitrogens with zero attached hydrogens (tertiary/aromatic N) is 2. The Labute approximate surface area is 185 Å². The molecule has 150 valence electrons. The van der Waals surface area contributed by atoms with Crippen LogP contribution < -0.4 is 5.32 Å². The molecular weight excluding hydrogens is 446 g/mol. The summed E-state index contributed by atoms with van der Waals surface area (Å²) in [5.74, 6) is 2.20. The minimum Gasteiger partial charge on any atom is -0.459 e. The van der Waals surface area contributed by atoms with Crippen molar-refractivity contribution in [2.75, 3.05) is 6.54 Å². The fourth-order valence-electron chi connectivity index (χ4n) is 3.78. The van der Waals surface area contributed by atoms with Crippen LogP contribution in [0.5, 0.6) is 0 Å². The Kier molecular flexibility index (Phi) is 5.74. The summed E-state index contributed by atoms with van der Waals surface area (Å²) in [5.41, 5.74) is 3.21. The molecule has 0 amide bonds. The van der Waals surface area contributed by atoms with E-state index in [1.54, 1.807) is 0 Å². The molecule has 4 nitrogen and oxygen atoms in total. The van der Waals surface area contributed by atoms with Crippen molar-refractivity contribution in [3.63, 3.8) is 0 Å². The zero-order valence-corrected chi connectivity index (χ0v) is 19.1. The summed E-state index contributed by atoms with van der Waals surface area (Å²) in [6.45, 7) is 7.33. The maximum absolute atomic E-state index is 6.39. The van der Waals surface area contributed by atoms with Crippen molar-refractivity contribution in [1.82, 2.24) is 15.2 Å². The summed E-state index contributed by atoms with van der Waals surface area (Å²) < 4.78 is 7.41. The Balaban J connectivity index is 1.74. The number of benzene rings is 1. The lowest BCUT2D eigenvalue weighted by Crippen LogP contribution is -2.32. The van der Waals surface area contributed by atoms with Crippen molar-refractivity contribution in [2.24, 2.45) is 5.92 Å². The number of nitrogens with one attached hydrogen (secondary N) is 1. The summed E-state index contributed by atoms with van der Waals surface area (Å²) in [6.07, 6.45) is 1.82. The molecule has 2 atom stereocenters. The van der Waals surface area contributed by atoms with Crippen molar-refractivity contribution >= 4 is 33.3 Å². The van der Waals surface area contributed by atoms with E-state index in [1.807, 2.05) is 30.5 Å². The Morgan fingerprint density at radius 3 is 2.72 bits per heavy atom. The molecule has 0 saturated carbocycles. The predicted molar refractivity (Wildman–Crippen MR) is 124 cm³/mol. The van der Waals surface area contributed by atoms with Crippen LogP contribution in [0.4, 0.5) is 0 Å². The average Bonchev–Trinajstić information content (AvgIpc) is 3.27. The van der Waals surface area contributed by atoms with E-state index < -0.39 is 0 Å². The molecule has 0 aliphatic carbocycles. The highest BCUT2D eigenvalue weighted by atomic mass is 79.9. The lowest BCUT2D eigenvalue weighted by atomic mass is 10.0. The van der Waals surface area contributed by atoms with Gasteiger partial charge in [-0.1, -0.05) is 41.9 Å². The van der Waals surface area contributed by atoms with Crippen molar-refractivity contribution in [2.45, 2.75) is 32.9 Å². The molecule has 6 heteroatoms. The first-order valence-electron chi connectivity index (χ1n) is 9.78. The summed E-state index contributed by atoms with van der Waals surface area (Å²) in [7, 11) is 0. The predicted octanol–water partition coefficient (Wildman–Crippen LogP) is 6.04. The largest absolute Gasteiger partial charge is 0.459 e. The molecule has 0 radical (unpaired) electrons. The summed E-state index contributed by atoms with van der Waals surface area (Å²) in [4.78, 5) is 6.80. The quantitative estimate of drug-likeness (QED) is 0.461. The summed E-state index contributed by atoms with van der Waals surface area (Å²) in [6, 6.07) is 16.3. The van der Waals surface area contributed by atoms with Crippen LogP contribution in [0.3, 0.4) is 0 Å². The van der Waals surface area contributed by atoms with Gasteiger partial charge in [0.1, 0.15) is 17.6 Å². The normalized spacial score (nSPS) is 19.1. The van der Waals surface area contributed by atoms with Gasteiger partial charge in [0.15, 0.2) is 5.11 Å². The van der Waals surface area contributed by atoms with Crippen molar-refractivity contribution < 1.29 is 4.42 Å². The smallest absolute Gasteiger partial charge is 0.170 e. The first kappa shape index (κ1) is 20.1. The third-order valence-electron chi connectivity index (χ3n) is 5.07. The highest BCUT2D eigenvalue weighted by Gasteiger charge is 2.41. The zero-order chi connectivity index (χ0) is 20.5. The van der Waals surface area contributed by atoms with Gasteiger partial charge in [-0.2, -0.15) is 0 Å². The summed E-state index contributed by atoms with van der Waals surface area (Å²) >= 11 is 9.35. The second-order valence-electron chi connectivity index (χ2n) is 7.86. The maximum atomic E-state index is 6.39. The number of furan rings is 1. The van der Waals surface area contributed by atoms with Crippen LogP contribution in [-0.2, 0) is 0 Å². The number of hydrogen-bond donors (Lipinski definition) is 1. The van der Waals surface area contributed by atoms with E-state index in [0.717, 1.165) is 38.9 Å². The number of halogens is 1. The van der Waals surface area contributed by atoms with Gasteiger partial charge in [-0.3, -0.25) is 4.98 Å². The fourth-order valence-corrected chi connectivity index (χ4v) is 4.78. The van der Waals surface area contributed by atoms with E-state index >= 15 is 0 Å². The lowest BCUT2D eigenvalue weighted by molar-refractivity contribution is 0.253. The number of rotatable bonds is 5. The van der Waals surface area contributed by atoms with Gasteiger partial charge >= 0.3 is 0 Å². The third kappa shape index (κ3) is 4.09. The molecule has 1 fully saturated rings. The number of aryl methyl sites for hydroxylation is 1. The Hall–Kier alpha value is -2.18. The molecule has 4 rings (SSSR count). The zero-order valence-electron chi connectivity index (χ0n) is 16.7. The first-order chi connectivity index (χ1) is 13.9. The van der Waals surface area contributed by atoms with Gasteiger partial charge in [-0.05, 0) is 67.0 Å². The number of aromatic nitrogens is 1. The number of pyridine rings is 1. The Bertz CT molecular complexity index is 1020. The second kappa shape index (κ2) is 8.28. The second-order valence-corrected chi connectivity index (χ2v) is 9.10. The SMILES string of the molecule is Cc1ccc(-c2ccc(C3C(c4ccccn4)NC(=S)N3CC(C)C)o2)c(Br)c1. The van der Waals surface area contributed by atoms with Gasteiger partial charge in [-0.15, -0.1) is 0 Å². The first-order valence-corrected chi connectivity index (χ1v) is 11.0. The molecule has 0 spiro atoms. The van der Waals surface area contributed by atoms with E-state index in [1.165, 1.54) is 5.56 Å². The average molecular weight is 470 g/mol. The van der Waals surface area contributed by atoms with Crippen LogP contribution >= 0.6 is 28.1 Å². The monoisotopic (exact) mass is 469 g/mol. The minimum atomic E-state index is -0.0529. The molecule has 2 aromatic heterocycles. The molecule has 29 heavy (non-hydrogen) atoms. The van der Waals surface area contributed by atoms with E-state index in [4.69, 9.17) is 16.6 Å². The lowest BCUT2D eigenvalue weighted by Gasteiger charge is -2.27. The molecule has 2 unspecified atom stereocenters. The standard InChI is InChI=1S/C23H24BrN3OS/c1-14(2)13-27-22(21(26-23(27)29)18-6-4-5-11-25-18)20-10-9-19(28-20)16-8-7-15(3)12-17(16)24/h4-12,14,21-22H,13H2,1-3H3,(H,26,29). The van der Waals surface area contributed by atoms with Crippen molar-refractivity contribution in [1.29, 1.82) is 0 Å².